The first kappa shape index (κ1) is 14.0. The first-order chi connectivity index (χ1) is 8.41. The minimum Gasteiger partial charge on any atom is -0.371 e. The molecule has 104 valence electrons. The summed E-state index contributed by atoms with van der Waals surface area (Å²) in [6.45, 7) is 9.43. The van der Waals surface area contributed by atoms with Crippen LogP contribution in [-0.4, -0.2) is 30.7 Å². The van der Waals surface area contributed by atoms with Gasteiger partial charge in [-0.2, -0.15) is 0 Å². The van der Waals surface area contributed by atoms with E-state index in [1.807, 2.05) is 6.92 Å². The van der Waals surface area contributed by atoms with Gasteiger partial charge in [0.15, 0.2) is 5.78 Å². The van der Waals surface area contributed by atoms with Crippen LogP contribution >= 0.6 is 0 Å². The summed E-state index contributed by atoms with van der Waals surface area (Å²) < 4.78 is 11.6. The highest BCUT2D eigenvalue weighted by atomic mass is 16.6. The molecule has 0 aromatic carbocycles. The topological polar surface area (TPSA) is 35.5 Å². The van der Waals surface area contributed by atoms with Gasteiger partial charge in [-0.05, 0) is 37.5 Å². The molecule has 0 saturated heterocycles. The van der Waals surface area contributed by atoms with Gasteiger partial charge in [-0.3, -0.25) is 4.79 Å². The summed E-state index contributed by atoms with van der Waals surface area (Å²) in [4.78, 5) is 11.5. The molecule has 2 rings (SSSR count). The van der Waals surface area contributed by atoms with E-state index in [4.69, 9.17) is 9.47 Å². The molecule has 0 heterocycles. The van der Waals surface area contributed by atoms with Crippen LogP contribution in [0, 0.1) is 11.3 Å². The Morgan fingerprint density at radius 1 is 1.33 bits per heavy atom. The highest BCUT2D eigenvalue weighted by molar-refractivity contribution is 5.90. The second-order valence-electron chi connectivity index (χ2n) is 6.76. The van der Waals surface area contributed by atoms with Crippen molar-refractivity contribution in [1.82, 2.24) is 0 Å². The van der Waals surface area contributed by atoms with Gasteiger partial charge in [0.05, 0.1) is 12.2 Å². The Kier molecular flexibility index (Phi) is 4.12. The molecule has 0 aliphatic heterocycles. The third-order valence-corrected chi connectivity index (χ3v) is 4.12. The van der Waals surface area contributed by atoms with E-state index < -0.39 is 0 Å². The molecule has 0 spiro atoms. The monoisotopic (exact) mass is 254 g/mol. The molecule has 0 N–H and O–H groups in total. The summed E-state index contributed by atoms with van der Waals surface area (Å²) >= 11 is 0. The largest absolute Gasteiger partial charge is 0.371 e. The predicted octanol–water partition coefficient (Wildman–Crippen LogP) is 2.96. The lowest BCUT2D eigenvalue weighted by atomic mass is 9.71. The van der Waals surface area contributed by atoms with Gasteiger partial charge in [0, 0.05) is 13.0 Å². The Labute approximate surface area is 110 Å². The van der Waals surface area contributed by atoms with Gasteiger partial charge in [-0.25, -0.2) is 0 Å². The van der Waals surface area contributed by atoms with Crippen LogP contribution in [0.4, 0.5) is 0 Å². The first-order valence-electron chi connectivity index (χ1n) is 7.21. The lowest BCUT2D eigenvalue weighted by Gasteiger charge is -2.43. The molecular weight excluding hydrogens is 228 g/mol. The predicted molar refractivity (Wildman–Crippen MR) is 70.5 cm³/mol. The quantitative estimate of drug-likeness (QED) is 0.773. The molecule has 0 amide bonds. The zero-order valence-corrected chi connectivity index (χ0v) is 12.1. The molecule has 3 nitrogen and oxygen atoms in total. The maximum absolute atomic E-state index is 11.5. The minimum atomic E-state index is -0.296. The molecule has 0 radical (unpaired) electrons. The van der Waals surface area contributed by atoms with Crippen LogP contribution in [0.2, 0.25) is 0 Å². The second kappa shape index (κ2) is 5.30. The lowest BCUT2D eigenvalue weighted by molar-refractivity contribution is -0.179. The number of rotatable bonds is 4. The van der Waals surface area contributed by atoms with Crippen LogP contribution in [0.3, 0.4) is 0 Å². The van der Waals surface area contributed by atoms with Crippen LogP contribution in [0.1, 0.15) is 53.4 Å². The average Bonchev–Trinajstić information content (AvgIpc) is 2.22. The van der Waals surface area contributed by atoms with E-state index in [0.29, 0.717) is 30.5 Å². The summed E-state index contributed by atoms with van der Waals surface area (Å²) in [5.74, 6) is 0.907. The standard InChI is InChI=1S/C15H26O3/c1-5-17-14-12(16)7-13(14)18-11-6-10(2)8-15(3,4)9-11/h10-11,13-14H,5-9H2,1-4H3. The van der Waals surface area contributed by atoms with Gasteiger partial charge in [-0.15, -0.1) is 0 Å². The van der Waals surface area contributed by atoms with Crippen molar-refractivity contribution < 1.29 is 14.3 Å². The summed E-state index contributed by atoms with van der Waals surface area (Å²) in [6.07, 6.45) is 4.03. The van der Waals surface area contributed by atoms with Gasteiger partial charge in [-0.1, -0.05) is 20.8 Å². The number of Topliss-reactive ketones (excluding diaryl/α,β-unsaturated/α-hetero) is 1. The molecule has 0 aromatic heterocycles. The number of carbonyl (C=O) groups is 1. The third kappa shape index (κ3) is 3.12. The fourth-order valence-electron chi connectivity index (χ4n) is 3.58. The maximum Gasteiger partial charge on any atom is 0.166 e. The van der Waals surface area contributed by atoms with Crippen molar-refractivity contribution in [1.29, 1.82) is 0 Å². The maximum atomic E-state index is 11.5. The molecule has 4 unspecified atom stereocenters. The third-order valence-electron chi connectivity index (χ3n) is 4.12. The number of ether oxygens (including phenoxy) is 2. The van der Waals surface area contributed by atoms with E-state index >= 15 is 0 Å². The van der Waals surface area contributed by atoms with E-state index in [1.54, 1.807) is 0 Å². The van der Waals surface area contributed by atoms with Crippen molar-refractivity contribution in [2.75, 3.05) is 6.61 Å². The Balaban J connectivity index is 1.88. The number of hydrogen-bond donors (Lipinski definition) is 0. The fraction of sp³-hybridized carbons (Fsp3) is 0.933. The van der Waals surface area contributed by atoms with Gasteiger partial charge in [0.2, 0.25) is 0 Å². The fourth-order valence-corrected chi connectivity index (χ4v) is 3.58. The van der Waals surface area contributed by atoms with Crippen molar-refractivity contribution in [2.24, 2.45) is 11.3 Å². The number of carbonyl (C=O) groups excluding carboxylic acids is 1. The molecule has 3 heteroatoms. The van der Waals surface area contributed by atoms with Crippen molar-refractivity contribution in [2.45, 2.75) is 71.7 Å². The van der Waals surface area contributed by atoms with E-state index in [-0.39, 0.29) is 18.0 Å². The van der Waals surface area contributed by atoms with E-state index in [1.165, 1.54) is 6.42 Å². The molecule has 2 fully saturated rings. The average molecular weight is 254 g/mol. The zero-order valence-electron chi connectivity index (χ0n) is 12.1. The molecule has 2 aliphatic carbocycles. The van der Waals surface area contributed by atoms with Crippen LogP contribution < -0.4 is 0 Å². The number of hydrogen-bond acceptors (Lipinski definition) is 3. The molecule has 0 aromatic rings. The number of ketones is 1. The Hall–Kier alpha value is -0.410. The molecule has 0 bridgehead atoms. The van der Waals surface area contributed by atoms with Crippen molar-refractivity contribution in [3.05, 3.63) is 0 Å². The highest BCUT2D eigenvalue weighted by Crippen LogP contribution is 2.41. The Bertz CT molecular complexity index is 311. The van der Waals surface area contributed by atoms with Gasteiger partial charge in [0.25, 0.3) is 0 Å². The molecular formula is C15H26O3. The molecule has 18 heavy (non-hydrogen) atoms. The van der Waals surface area contributed by atoms with E-state index in [0.717, 1.165) is 12.8 Å². The lowest BCUT2D eigenvalue weighted by Crippen LogP contribution is -2.52. The second-order valence-corrected chi connectivity index (χ2v) is 6.76. The SMILES string of the molecule is CCOC1C(=O)CC1OC1CC(C)CC(C)(C)C1. The van der Waals surface area contributed by atoms with Gasteiger partial charge < -0.3 is 9.47 Å². The molecule has 2 saturated carbocycles. The molecule has 2 aliphatic rings. The summed E-state index contributed by atoms with van der Waals surface area (Å²) in [6, 6.07) is 0. The van der Waals surface area contributed by atoms with E-state index in [9.17, 15) is 4.79 Å². The van der Waals surface area contributed by atoms with Crippen LogP contribution in [0.5, 0.6) is 0 Å². The molecule has 4 atom stereocenters. The van der Waals surface area contributed by atoms with Crippen molar-refractivity contribution in [3.63, 3.8) is 0 Å². The van der Waals surface area contributed by atoms with Crippen molar-refractivity contribution in [3.8, 4) is 0 Å². The smallest absolute Gasteiger partial charge is 0.166 e. The normalized spacial score (nSPS) is 39.4. The van der Waals surface area contributed by atoms with Gasteiger partial charge >= 0.3 is 0 Å². The summed E-state index contributed by atoms with van der Waals surface area (Å²) in [5, 5.41) is 0. The summed E-state index contributed by atoms with van der Waals surface area (Å²) in [5.41, 5.74) is 0.358. The first-order valence-corrected chi connectivity index (χ1v) is 7.21. The highest BCUT2D eigenvalue weighted by Gasteiger charge is 2.44. The van der Waals surface area contributed by atoms with Gasteiger partial charge in [0.1, 0.15) is 6.10 Å². The van der Waals surface area contributed by atoms with Crippen molar-refractivity contribution >= 4 is 5.78 Å². The van der Waals surface area contributed by atoms with Crippen LogP contribution in [0.15, 0.2) is 0 Å². The zero-order chi connectivity index (χ0) is 13.3. The summed E-state index contributed by atoms with van der Waals surface area (Å²) in [7, 11) is 0. The Morgan fingerprint density at radius 3 is 2.61 bits per heavy atom. The van der Waals surface area contributed by atoms with E-state index in [2.05, 4.69) is 20.8 Å². The van der Waals surface area contributed by atoms with Crippen LogP contribution in [-0.2, 0) is 14.3 Å². The van der Waals surface area contributed by atoms with Crippen LogP contribution in [0.25, 0.3) is 0 Å². The Morgan fingerprint density at radius 2 is 2.06 bits per heavy atom. The minimum absolute atomic E-state index is 0.00329.